The number of likely N-dealkylation sites (N-methyl/N-ethyl adjacent to an activating group) is 1. The number of rotatable bonds is 3. The van der Waals surface area contributed by atoms with Crippen molar-refractivity contribution in [2.24, 2.45) is 0 Å². The number of amides is 1. The van der Waals surface area contributed by atoms with E-state index in [9.17, 15) is 4.79 Å². The second-order valence-corrected chi connectivity index (χ2v) is 5.52. The Hall–Kier alpha value is -0.770. The number of carbonyl (C=O) groups is 1. The second kappa shape index (κ2) is 6.12. The van der Waals surface area contributed by atoms with Gasteiger partial charge in [-0.05, 0) is 37.5 Å². The lowest BCUT2D eigenvalue weighted by Crippen LogP contribution is -2.48. The molecule has 1 aromatic rings. The number of carbonyl (C=O) groups excluding carboxylic acids is 1. The predicted octanol–water partition coefficient (Wildman–Crippen LogP) is 3.18. The summed E-state index contributed by atoms with van der Waals surface area (Å²) in [5.41, 5.74) is 0.239. The summed E-state index contributed by atoms with van der Waals surface area (Å²) in [6, 6.07) is 5.32. The molecule has 1 N–H and O–H groups in total. The molecule has 0 unspecified atom stereocenters. The normalized spacial score (nSPS) is 18.1. The van der Waals surface area contributed by atoms with Gasteiger partial charge in [-0.2, -0.15) is 0 Å². The van der Waals surface area contributed by atoms with Gasteiger partial charge in [0.25, 0.3) is 0 Å². The molecule has 19 heavy (non-hydrogen) atoms. The first kappa shape index (κ1) is 14.6. The zero-order valence-electron chi connectivity index (χ0n) is 10.8. The van der Waals surface area contributed by atoms with Gasteiger partial charge in [0.05, 0.1) is 5.41 Å². The Balaban J connectivity index is 2.44. The molecule has 1 saturated heterocycles. The topological polar surface area (TPSA) is 38.3 Å². The number of benzene rings is 1. The largest absolute Gasteiger partial charge is 0.381 e. The molecule has 1 aliphatic rings. The summed E-state index contributed by atoms with van der Waals surface area (Å²) in [5, 5.41) is 4.03. The average molecular weight is 302 g/mol. The molecule has 0 aliphatic carbocycles. The standard InChI is InChI=1S/C14H17Cl2NO2/c1-2-17-13(18)14(5-7-19-8-6-14)11-4-3-10(15)9-12(11)16/h3-4,9H,2,5-8H2,1H3,(H,17,18). The minimum atomic E-state index is -0.601. The SMILES string of the molecule is CCNC(=O)C1(c2ccc(Cl)cc2Cl)CCOCC1. The van der Waals surface area contributed by atoms with Gasteiger partial charge in [0.1, 0.15) is 0 Å². The van der Waals surface area contributed by atoms with E-state index in [0.29, 0.717) is 42.6 Å². The summed E-state index contributed by atoms with van der Waals surface area (Å²) in [4.78, 5) is 12.5. The van der Waals surface area contributed by atoms with Gasteiger partial charge in [-0.3, -0.25) is 4.79 Å². The van der Waals surface area contributed by atoms with Crippen molar-refractivity contribution in [3.63, 3.8) is 0 Å². The highest BCUT2D eigenvalue weighted by Crippen LogP contribution is 2.39. The fourth-order valence-corrected chi connectivity index (χ4v) is 3.14. The summed E-state index contributed by atoms with van der Waals surface area (Å²) in [6.45, 7) is 3.65. The van der Waals surface area contributed by atoms with Crippen molar-refractivity contribution in [2.45, 2.75) is 25.2 Å². The van der Waals surface area contributed by atoms with Crippen molar-refractivity contribution in [1.82, 2.24) is 5.32 Å². The number of hydrogen-bond donors (Lipinski definition) is 1. The summed E-state index contributed by atoms with van der Waals surface area (Å²) in [7, 11) is 0. The second-order valence-electron chi connectivity index (χ2n) is 4.68. The first-order valence-corrected chi connectivity index (χ1v) is 7.17. The van der Waals surface area contributed by atoms with Crippen LogP contribution >= 0.6 is 23.2 Å². The quantitative estimate of drug-likeness (QED) is 0.931. The third kappa shape index (κ3) is 2.88. The Morgan fingerprint density at radius 2 is 2.05 bits per heavy atom. The lowest BCUT2D eigenvalue weighted by Gasteiger charge is -2.36. The maximum atomic E-state index is 12.5. The van der Waals surface area contributed by atoms with Crippen LogP contribution in [0, 0.1) is 0 Å². The Kier molecular flexibility index (Phi) is 4.71. The minimum absolute atomic E-state index is 0.0162. The van der Waals surface area contributed by atoms with Crippen molar-refractivity contribution >= 4 is 29.1 Å². The van der Waals surface area contributed by atoms with Crippen LogP contribution in [0.25, 0.3) is 0 Å². The van der Waals surface area contributed by atoms with E-state index in [-0.39, 0.29) is 5.91 Å². The van der Waals surface area contributed by atoms with E-state index in [0.717, 1.165) is 5.56 Å². The highest BCUT2D eigenvalue weighted by atomic mass is 35.5. The molecule has 0 spiro atoms. The number of ether oxygens (including phenoxy) is 1. The van der Waals surface area contributed by atoms with E-state index < -0.39 is 5.41 Å². The van der Waals surface area contributed by atoms with Crippen molar-refractivity contribution in [2.75, 3.05) is 19.8 Å². The predicted molar refractivity (Wildman–Crippen MR) is 76.9 cm³/mol. The molecule has 0 bridgehead atoms. The molecule has 1 aliphatic heterocycles. The van der Waals surface area contributed by atoms with Gasteiger partial charge in [-0.1, -0.05) is 29.3 Å². The van der Waals surface area contributed by atoms with Crippen molar-refractivity contribution in [1.29, 1.82) is 0 Å². The number of hydrogen-bond acceptors (Lipinski definition) is 2. The lowest BCUT2D eigenvalue weighted by molar-refractivity contribution is -0.130. The van der Waals surface area contributed by atoms with Gasteiger partial charge in [0.15, 0.2) is 0 Å². The number of halogens is 2. The van der Waals surface area contributed by atoms with Gasteiger partial charge in [0, 0.05) is 29.8 Å². The molecular formula is C14H17Cl2NO2. The molecule has 3 nitrogen and oxygen atoms in total. The maximum Gasteiger partial charge on any atom is 0.230 e. The molecule has 104 valence electrons. The maximum absolute atomic E-state index is 12.5. The summed E-state index contributed by atoms with van der Waals surface area (Å²) < 4.78 is 5.39. The van der Waals surface area contributed by atoms with E-state index in [1.807, 2.05) is 13.0 Å². The molecule has 1 amide bonds. The van der Waals surface area contributed by atoms with Crippen LogP contribution in [0.1, 0.15) is 25.3 Å². The van der Waals surface area contributed by atoms with Gasteiger partial charge < -0.3 is 10.1 Å². The monoisotopic (exact) mass is 301 g/mol. The van der Waals surface area contributed by atoms with Crippen LogP contribution in [-0.2, 0) is 14.9 Å². The van der Waals surface area contributed by atoms with Crippen LogP contribution in [0.3, 0.4) is 0 Å². The molecule has 0 radical (unpaired) electrons. The first-order valence-electron chi connectivity index (χ1n) is 6.42. The van der Waals surface area contributed by atoms with Crippen LogP contribution in [0.15, 0.2) is 18.2 Å². The van der Waals surface area contributed by atoms with E-state index in [2.05, 4.69) is 5.32 Å². The van der Waals surface area contributed by atoms with E-state index in [4.69, 9.17) is 27.9 Å². The van der Waals surface area contributed by atoms with Gasteiger partial charge in [0.2, 0.25) is 5.91 Å². The average Bonchev–Trinajstić information content (AvgIpc) is 2.39. The molecule has 2 rings (SSSR count). The molecule has 5 heteroatoms. The van der Waals surface area contributed by atoms with Crippen molar-refractivity contribution in [3.05, 3.63) is 33.8 Å². The lowest BCUT2D eigenvalue weighted by atomic mass is 9.73. The number of nitrogens with one attached hydrogen (secondary N) is 1. The molecule has 0 atom stereocenters. The van der Waals surface area contributed by atoms with Crippen molar-refractivity contribution < 1.29 is 9.53 Å². The van der Waals surface area contributed by atoms with Gasteiger partial charge >= 0.3 is 0 Å². The Bertz CT molecular complexity index is 471. The third-order valence-corrected chi connectivity index (χ3v) is 4.11. The van der Waals surface area contributed by atoms with E-state index in [1.54, 1.807) is 12.1 Å². The molecule has 0 aromatic heterocycles. The van der Waals surface area contributed by atoms with Crippen LogP contribution in [0.2, 0.25) is 10.0 Å². The van der Waals surface area contributed by atoms with Crippen LogP contribution in [0.4, 0.5) is 0 Å². The van der Waals surface area contributed by atoms with Crippen LogP contribution in [0.5, 0.6) is 0 Å². The van der Waals surface area contributed by atoms with Crippen LogP contribution in [-0.4, -0.2) is 25.7 Å². The van der Waals surface area contributed by atoms with E-state index >= 15 is 0 Å². The Labute approximate surface area is 123 Å². The zero-order chi connectivity index (χ0) is 13.9. The fourth-order valence-electron chi connectivity index (χ4n) is 2.55. The molecule has 1 fully saturated rings. The Morgan fingerprint density at radius 1 is 1.37 bits per heavy atom. The fraction of sp³-hybridized carbons (Fsp3) is 0.500. The smallest absolute Gasteiger partial charge is 0.230 e. The molecular weight excluding hydrogens is 285 g/mol. The van der Waals surface area contributed by atoms with Crippen LogP contribution < -0.4 is 5.32 Å². The van der Waals surface area contributed by atoms with Gasteiger partial charge in [-0.25, -0.2) is 0 Å². The highest BCUT2D eigenvalue weighted by Gasteiger charge is 2.42. The van der Waals surface area contributed by atoms with E-state index in [1.165, 1.54) is 0 Å². The molecule has 1 aromatic carbocycles. The zero-order valence-corrected chi connectivity index (χ0v) is 12.4. The summed E-state index contributed by atoms with van der Waals surface area (Å²) >= 11 is 12.2. The first-order chi connectivity index (χ1) is 9.10. The Morgan fingerprint density at radius 3 is 2.63 bits per heavy atom. The summed E-state index contributed by atoms with van der Waals surface area (Å²) in [5.74, 6) is 0.0162. The highest BCUT2D eigenvalue weighted by molar-refractivity contribution is 6.35. The summed E-state index contributed by atoms with van der Waals surface area (Å²) in [6.07, 6.45) is 1.28. The third-order valence-electron chi connectivity index (χ3n) is 3.57. The molecule has 0 saturated carbocycles. The van der Waals surface area contributed by atoms with Crippen molar-refractivity contribution in [3.8, 4) is 0 Å². The van der Waals surface area contributed by atoms with Gasteiger partial charge in [-0.15, -0.1) is 0 Å². The minimum Gasteiger partial charge on any atom is -0.381 e. The molecule has 1 heterocycles.